The third-order valence-electron chi connectivity index (χ3n) is 2.18. The lowest BCUT2D eigenvalue weighted by Gasteiger charge is -2.27. The molecule has 0 aromatic rings. The van der Waals surface area contributed by atoms with Gasteiger partial charge in [-0.25, -0.2) is 4.79 Å². The summed E-state index contributed by atoms with van der Waals surface area (Å²) < 4.78 is 5.34. The summed E-state index contributed by atoms with van der Waals surface area (Å²) in [6, 6.07) is 0. The van der Waals surface area contributed by atoms with E-state index < -0.39 is 5.60 Å². The zero-order valence-corrected chi connectivity index (χ0v) is 9.95. The van der Waals surface area contributed by atoms with E-state index in [1.807, 2.05) is 20.8 Å². The van der Waals surface area contributed by atoms with Crippen LogP contribution in [0.5, 0.6) is 0 Å². The molecule has 0 saturated heterocycles. The molecule has 0 bridgehead atoms. The zero-order valence-electron chi connectivity index (χ0n) is 9.95. The lowest BCUT2D eigenvalue weighted by molar-refractivity contribution is 0.0250. The van der Waals surface area contributed by atoms with Crippen LogP contribution in [0.4, 0.5) is 4.79 Å². The maximum absolute atomic E-state index is 11.8. The number of hydrogen-bond donors (Lipinski definition) is 0. The summed E-state index contributed by atoms with van der Waals surface area (Å²) >= 11 is 0. The predicted octanol–water partition coefficient (Wildman–Crippen LogP) is 2.96. The molecule has 0 saturated carbocycles. The highest BCUT2D eigenvalue weighted by Gasteiger charge is 2.21. The molecule has 86 valence electrons. The van der Waals surface area contributed by atoms with Crippen molar-refractivity contribution in [2.45, 2.75) is 45.6 Å². The van der Waals surface area contributed by atoms with Gasteiger partial charge < -0.3 is 9.64 Å². The van der Waals surface area contributed by atoms with E-state index in [4.69, 9.17) is 4.74 Å². The van der Waals surface area contributed by atoms with Crippen molar-refractivity contribution < 1.29 is 9.53 Å². The van der Waals surface area contributed by atoms with Crippen molar-refractivity contribution in [1.82, 2.24) is 4.90 Å². The number of ether oxygens (including phenoxy) is 1. The first kappa shape index (κ1) is 12.1. The fourth-order valence-corrected chi connectivity index (χ4v) is 1.49. The Morgan fingerprint density at radius 3 is 2.53 bits per heavy atom. The lowest BCUT2D eigenvalue weighted by Crippen LogP contribution is -2.38. The lowest BCUT2D eigenvalue weighted by atomic mass is 10.2. The van der Waals surface area contributed by atoms with Crippen LogP contribution in [0, 0.1) is 0 Å². The highest BCUT2D eigenvalue weighted by atomic mass is 16.6. The van der Waals surface area contributed by atoms with E-state index >= 15 is 0 Å². The summed E-state index contributed by atoms with van der Waals surface area (Å²) in [5, 5.41) is 0. The Bertz CT molecular complexity index is 240. The monoisotopic (exact) mass is 211 g/mol. The normalized spacial score (nSPS) is 20.3. The van der Waals surface area contributed by atoms with E-state index in [-0.39, 0.29) is 6.09 Å². The van der Waals surface area contributed by atoms with E-state index in [0.29, 0.717) is 0 Å². The van der Waals surface area contributed by atoms with Crippen LogP contribution in [0.25, 0.3) is 0 Å². The minimum Gasteiger partial charge on any atom is -0.444 e. The standard InChI is InChI=1S/C12H21NO2/c1-12(2,3)15-11(14)13-9-7-5-4-6-8-10-13/h4-5H,6-10H2,1-3H3/b5-4+. The van der Waals surface area contributed by atoms with Crippen LogP contribution < -0.4 is 0 Å². The van der Waals surface area contributed by atoms with Crippen LogP contribution in [-0.2, 0) is 4.74 Å². The molecule has 1 aliphatic heterocycles. The van der Waals surface area contributed by atoms with Gasteiger partial charge in [-0.2, -0.15) is 0 Å². The molecule has 0 aromatic carbocycles. The number of nitrogens with zero attached hydrogens (tertiary/aromatic N) is 1. The molecule has 3 nitrogen and oxygen atoms in total. The Morgan fingerprint density at radius 2 is 1.87 bits per heavy atom. The van der Waals surface area contributed by atoms with Crippen LogP contribution in [-0.4, -0.2) is 29.7 Å². The average molecular weight is 211 g/mol. The van der Waals surface area contributed by atoms with Crippen molar-refractivity contribution in [2.75, 3.05) is 13.1 Å². The highest BCUT2D eigenvalue weighted by molar-refractivity contribution is 5.68. The topological polar surface area (TPSA) is 29.5 Å². The molecule has 1 aliphatic rings. The molecule has 1 rings (SSSR count). The summed E-state index contributed by atoms with van der Waals surface area (Å²) in [4.78, 5) is 13.6. The smallest absolute Gasteiger partial charge is 0.410 e. The molecule has 0 aromatic heterocycles. The number of rotatable bonds is 0. The van der Waals surface area contributed by atoms with Gasteiger partial charge in [0, 0.05) is 13.1 Å². The van der Waals surface area contributed by atoms with E-state index in [9.17, 15) is 4.79 Å². The van der Waals surface area contributed by atoms with Crippen molar-refractivity contribution >= 4 is 6.09 Å². The van der Waals surface area contributed by atoms with Crippen LogP contribution in [0.3, 0.4) is 0 Å². The second-order valence-corrected chi connectivity index (χ2v) is 4.87. The van der Waals surface area contributed by atoms with Crippen LogP contribution in [0.15, 0.2) is 12.2 Å². The summed E-state index contributed by atoms with van der Waals surface area (Å²) in [5.74, 6) is 0. The van der Waals surface area contributed by atoms with Gasteiger partial charge in [-0.05, 0) is 40.0 Å². The second kappa shape index (κ2) is 5.19. The molecule has 0 N–H and O–H groups in total. The van der Waals surface area contributed by atoms with Gasteiger partial charge in [0.05, 0.1) is 0 Å². The molecule has 0 aliphatic carbocycles. The Morgan fingerprint density at radius 1 is 1.20 bits per heavy atom. The van der Waals surface area contributed by atoms with E-state index in [2.05, 4.69) is 12.2 Å². The first-order valence-electron chi connectivity index (χ1n) is 5.62. The number of allylic oxidation sites excluding steroid dienone is 1. The third-order valence-corrected chi connectivity index (χ3v) is 2.18. The molecule has 0 fully saturated rings. The van der Waals surface area contributed by atoms with Crippen molar-refractivity contribution in [1.29, 1.82) is 0 Å². The zero-order chi connectivity index (χ0) is 11.3. The largest absolute Gasteiger partial charge is 0.444 e. The number of hydrogen-bond acceptors (Lipinski definition) is 2. The molecule has 0 radical (unpaired) electrons. The minimum atomic E-state index is -0.394. The summed E-state index contributed by atoms with van der Waals surface area (Å²) in [6.07, 6.45) is 7.15. The van der Waals surface area contributed by atoms with Crippen molar-refractivity contribution in [2.24, 2.45) is 0 Å². The van der Waals surface area contributed by atoms with Crippen molar-refractivity contribution in [3.05, 3.63) is 12.2 Å². The Balaban J connectivity index is 2.47. The molecule has 1 amide bonds. The SMILES string of the molecule is CC(C)(C)OC(=O)N1CC/C=C/CCC1. The molecular formula is C12H21NO2. The molecule has 1 heterocycles. The number of amides is 1. The maximum atomic E-state index is 11.8. The van der Waals surface area contributed by atoms with E-state index in [1.54, 1.807) is 4.90 Å². The van der Waals surface area contributed by atoms with E-state index in [1.165, 1.54) is 0 Å². The predicted molar refractivity (Wildman–Crippen MR) is 60.8 cm³/mol. The fourth-order valence-electron chi connectivity index (χ4n) is 1.49. The fraction of sp³-hybridized carbons (Fsp3) is 0.750. The molecule has 0 spiro atoms. The van der Waals surface area contributed by atoms with Crippen molar-refractivity contribution in [3.8, 4) is 0 Å². The molecule has 0 unspecified atom stereocenters. The first-order valence-corrected chi connectivity index (χ1v) is 5.62. The summed E-state index contributed by atoms with van der Waals surface area (Å²) in [7, 11) is 0. The maximum Gasteiger partial charge on any atom is 0.410 e. The van der Waals surface area contributed by atoms with Crippen molar-refractivity contribution in [3.63, 3.8) is 0 Å². The molecule has 3 heteroatoms. The number of carbonyl (C=O) groups is 1. The quantitative estimate of drug-likeness (QED) is 0.576. The van der Waals surface area contributed by atoms with Gasteiger partial charge in [0.15, 0.2) is 0 Å². The second-order valence-electron chi connectivity index (χ2n) is 4.87. The molecule has 0 atom stereocenters. The van der Waals surface area contributed by atoms with Gasteiger partial charge in [0.1, 0.15) is 5.60 Å². The van der Waals surface area contributed by atoms with Crippen LogP contribution in [0.1, 0.15) is 40.0 Å². The summed E-state index contributed by atoms with van der Waals surface area (Å²) in [6.45, 7) is 7.27. The third kappa shape index (κ3) is 4.86. The van der Waals surface area contributed by atoms with Crippen LogP contribution >= 0.6 is 0 Å². The average Bonchev–Trinajstić information content (AvgIpc) is 1.98. The van der Waals surface area contributed by atoms with Gasteiger partial charge in [-0.3, -0.25) is 0 Å². The Kier molecular flexibility index (Phi) is 4.18. The Hall–Kier alpha value is -0.990. The van der Waals surface area contributed by atoms with Gasteiger partial charge >= 0.3 is 6.09 Å². The van der Waals surface area contributed by atoms with Gasteiger partial charge in [-0.1, -0.05) is 12.2 Å². The minimum absolute atomic E-state index is 0.183. The molecule has 15 heavy (non-hydrogen) atoms. The Labute approximate surface area is 92.1 Å². The van der Waals surface area contributed by atoms with Gasteiger partial charge in [0.2, 0.25) is 0 Å². The summed E-state index contributed by atoms with van der Waals surface area (Å²) in [5.41, 5.74) is -0.394. The van der Waals surface area contributed by atoms with Crippen LogP contribution in [0.2, 0.25) is 0 Å². The first-order chi connectivity index (χ1) is 6.99. The van der Waals surface area contributed by atoms with E-state index in [0.717, 1.165) is 32.4 Å². The van der Waals surface area contributed by atoms with Gasteiger partial charge in [0.25, 0.3) is 0 Å². The molecular weight excluding hydrogens is 190 g/mol. The highest BCUT2D eigenvalue weighted by Crippen LogP contribution is 2.12. The van der Waals surface area contributed by atoms with Gasteiger partial charge in [-0.15, -0.1) is 0 Å². The number of carbonyl (C=O) groups excluding carboxylic acids is 1.